The van der Waals surface area contributed by atoms with Gasteiger partial charge in [0.05, 0.1) is 0 Å². The molecule has 0 atom stereocenters. The zero-order chi connectivity index (χ0) is 12.4. The summed E-state index contributed by atoms with van der Waals surface area (Å²) in [6.07, 6.45) is 4.47. The van der Waals surface area contributed by atoms with E-state index >= 15 is 0 Å². The van der Waals surface area contributed by atoms with Crippen LogP contribution in [0.1, 0.15) is 52.4 Å². The van der Waals surface area contributed by atoms with Crippen molar-refractivity contribution in [2.24, 2.45) is 5.92 Å². The van der Waals surface area contributed by atoms with Gasteiger partial charge in [-0.15, -0.1) is 0 Å². The standard InChI is InChI=1S/C12H23NO3/c1-3-6-10(7-4-2)12(16)13-9-5-8-11(14)15/h10H,3-9H2,1-2H3,(H,13,16)(H,14,15). The molecular formula is C12H23NO3. The summed E-state index contributed by atoms with van der Waals surface area (Å²) in [4.78, 5) is 22.0. The second kappa shape index (κ2) is 9.19. The van der Waals surface area contributed by atoms with Crippen molar-refractivity contribution in [3.8, 4) is 0 Å². The molecule has 0 aromatic rings. The number of carboxylic acids is 1. The lowest BCUT2D eigenvalue weighted by Crippen LogP contribution is -2.31. The molecule has 0 rings (SSSR count). The third-order valence-corrected chi connectivity index (χ3v) is 2.51. The fraction of sp³-hybridized carbons (Fsp3) is 0.833. The zero-order valence-corrected chi connectivity index (χ0v) is 10.3. The maximum Gasteiger partial charge on any atom is 0.303 e. The number of carbonyl (C=O) groups is 2. The average molecular weight is 229 g/mol. The summed E-state index contributed by atoms with van der Waals surface area (Å²) in [5, 5.41) is 11.2. The Morgan fingerprint density at radius 3 is 2.19 bits per heavy atom. The van der Waals surface area contributed by atoms with Crippen LogP contribution in [0, 0.1) is 5.92 Å². The van der Waals surface area contributed by atoms with E-state index in [1.54, 1.807) is 0 Å². The monoisotopic (exact) mass is 229 g/mol. The molecule has 0 saturated carbocycles. The summed E-state index contributed by atoms with van der Waals surface area (Å²) in [5.74, 6) is -0.637. The van der Waals surface area contributed by atoms with Crippen molar-refractivity contribution in [2.75, 3.05) is 6.54 Å². The maximum absolute atomic E-state index is 11.7. The van der Waals surface area contributed by atoms with Gasteiger partial charge in [0, 0.05) is 18.9 Å². The summed E-state index contributed by atoms with van der Waals surface area (Å²) < 4.78 is 0. The smallest absolute Gasteiger partial charge is 0.303 e. The molecule has 0 bridgehead atoms. The lowest BCUT2D eigenvalue weighted by molar-refractivity contribution is -0.137. The van der Waals surface area contributed by atoms with Gasteiger partial charge in [-0.3, -0.25) is 9.59 Å². The highest BCUT2D eigenvalue weighted by Gasteiger charge is 2.15. The third-order valence-electron chi connectivity index (χ3n) is 2.51. The Morgan fingerprint density at radius 1 is 1.19 bits per heavy atom. The van der Waals surface area contributed by atoms with Gasteiger partial charge in [0.1, 0.15) is 0 Å². The van der Waals surface area contributed by atoms with Crippen LogP contribution in [0.25, 0.3) is 0 Å². The number of amides is 1. The van der Waals surface area contributed by atoms with Crippen molar-refractivity contribution in [2.45, 2.75) is 52.4 Å². The van der Waals surface area contributed by atoms with Crippen molar-refractivity contribution >= 4 is 11.9 Å². The number of hydrogen-bond donors (Lipinski definition) is 2. The minimum Gasteiger partial charge on any atom is -0.481 e. The minimum absolute atomic E-state index is 0.0779. The van der Waals surface area contributed by atoms with Crippen molar-refractivity contribution in [3.05, 3.63) is 0 Å². The summed E-state index contributed by atoms with van der Waals surface area (Å²) in [6, 6.07) is 0. The Kier molecular flexibility index (Phi) is 8.58. The van der Waals surface area contributed by atoms with E-state index in [-0.39, 0.29) is 18.2 Å². The Bertz CT molecular complexity index is 210. The molecule has 0 heterocycles. The van der Waals surface area contributed by atoms with Gasteiger partial charge >= 0.3 is 5.97 Å². The first-order chi connectivity index (χ1) is 7.61. The first-order valence-electron chi connectivity index (χ1n) is 6.11. The number of hydrogen-bond acceptors (Lipinski definition) is 2. The average Bonchev–Trinajstić information content (AvgIpc) is 2.23. The zero-order valence-electron chi connectivity index (χ0n) is 10.3. The second-order valence-corrected chi connectivity index (χ2v) is 4.06. The van der Waals surface area contributed by atoms with E-state index in [1.165, 1.54) is 0 Å². The highest BCUT2D eigenvalue weighted by Crippen LogP contribution is 2.13. The van der Waals surface area contributed by atoms with Crippen LogP contribution in [0.5, 0.6) is 0 Å². The predicted molar refractivity (Wildman–Crippen MR) is 63.2 cm³/mol. The Hall–Kier alpha value is -1.06. The fourth-order valence-corrected chi connectivity index (χ4v) is 1.70. The van der Waals surface area contributed by atoms with Crippen LogP contribution >= 0.6 is 0 Å². The molecule has 0 unspecified atom stereocenters. The van der Waals surface area contributed by atoms with Gasteiger partial charge in [-0.1, -0.05) is 26.7 Å². The van der Waals surface area contributed by atoms with E-state index in [0.717, 1.165) is 25.7 Å². The molecule has 0 aliphatic rings. The van der Waals surface area contributed by atoms with Gasteiger partial charge in [-0.25, -0.2) is 0 Å². The molecule has 0 aliphatic carbocycles. The Labute approximate surface area is 97.4 Å². The molecule has 2 N–H and O–H groups in total. The fourth-order valence-electron chi connectivity index (χ4n) is 1.70. The first-order valence-corrected chi connectivity index (χ1v) is 6.11. The molecule has 0 radical (unpaired) electrons. The van der Waals surface area contributed by atoms with Gasteiger partial charge < -0.3 is 10.4 Å². The molecule has 4 heteroatoms. The van der Waals surface area contributed by atoms with E-state index in [0.29, 0.717) is 13.0 Å². The van der Waals surface area contributed by atoms with Crippen molar-refractivity contribution < 1.29 is 14.7 Å². The minimum atomic E-state index is -0.812. The van der Waals surface area contributed by atoms with E-state index < -0.39 is 5.97 Å². The van der Waals surface area contributed by atoms with Crippen LogP contribution < -0.4 is 5.32 Å². The number of aliphatic carboxylic acids is 1. The molecule has 16 heavy (non-hydrogen) atoms. The molecule has 0 saturated heterocycles. The van der Waals surface area contributed by atoms with Gasteiger partial charge in [0.25, 0.3) is 0 Å². The van der Waals surface area contributed by atoms with Crippen LogP contribution in [0.15, 0.2) is 0 Å². The SMILES string of the molecule is CCCC(CCC)C(=O)NCCCC(=O)O. The summed E-state index contributed by atoms with van der Waals surface area (Å²) in [5.41, 5.74) is 0. The van der Waals surface area contributed by atoms with Gasteiger partial charge in [0.2, 0.25) is 5.91 Å². The van der Waals surface area contributed by atoms with Crippen LogP contribution in [0.4, 0.5) is 0 Å². The normalized spacial score (nSPS) is 10.4. The number of carboxylic acid groups (broad SMARTS) is 1. The summed E-state index contributed by atoms with van der Waals surface area (Å²) >= 11 is 0. The number of rotatable bonds is 9. The highest BCUT2D eigenvalue weighted by atomic mass is 16.4. The van der Waals surface area contributed by atoms with Gasteiger partial charge in [0.15, 0.2) is 0 Å². The summed E-state index contributed by atoms with van der Waals surface area (Å²) in [7, 11) is 0. The van der Waals surface area contributed by atoms with Crippen molar-refractivity contribution in [1.82, 2.24) is 5.32 Å². The van der Waals surface area contributed by atoms with Crippen LogP contribution in [0.3, 0.4) is 0 Å². The first kappa shape index (κ1) is 14.9. The molecule has 0 fully saturated rings. The van der Waals surface area contributed by atoms with Crippen molar-refractivity contribution in [1.29, 1.82) is 0 Å². The van der Waals surface area contributed by atoms with Crippen LogP contribution in [-0.4, -0.2) is 23.5 Å². The molecule has 1 amide bonds. The Morgan fingerprint density at radius 2 is 1.75 bits per heavy atom. The maximum atomic E-state index is 11.7. The molecule has 0 aromatic heterocycles. The van der Waals surface area contributed by atoms with E-state index in [9.17, 15) is 9.59 Å². The quantitative estimate of drug-likeness (QED) is 0.595. The van der Waals surface area contributed by atoms with E-state index in [2.05, 4.69) is 19.2 Å². The summed E-state index contributed by atoms with van der Waals surface area (Å²) in [6.45, 7) is 4.61. The third kappa shape index (κ3) is 7.26. The van der Waals surface area contributed by atoms with E-state index in [1.807, 2.05) is 0 Å². The lowest BCUT2D eigenvalue weighted by Gasteiger charge is -2.14. The molecule has 0 aromatic carbocycles. The predicted octanol–water partition coefficient (Wildman–Crippen LogP) is 2.18. The Balaban J connectivity index is 3.77. The topological polar surface area (TPSA) is 66.4 Å². The molecular weight excluding hydrogens is 206 g/mol. The number of nitrogens with one attached hydrogen (secondary N) is 1. The molecule has 0 aliphatic heterocycles. The van der Waals surface area contributed by atoms with Crippen LogP contribution in [-0.2, 0) is 9.59 Å². The molecule has 94 valence electrons. The van der Waals surface area contributed by atoms with E-state index in [4.69, 9.17) is 5.11 Å². The van der Waals surface area contributed by atoms with Gasteiger partial charge in [-0.2, -0.15) is 0 Å². The lowest BCUT2D eigenvalue weighted by atomic mass is 9.97. The highest BCUT2D eigenvalue weighted by molar-refractivity contribution is 5.78. The second-order valence-electron chi connectivity index (χ2n) is 4.06. The molecule has 4 nitrogen and oxygen atoms in total. The van der Waals surface area contributed by atoms with Crippen LogP contribution in [0.2, 0.25) is 0 Å². The largest absolute Gasteiger partial charge is 0.481 e. The van der Waals surface area contributed by atoms with Gasteiger partial charge in [-0.05, 0) is 19.3 Å². The number of carbonyl (C=O) groups excluding carboxylic acids is 1. The van der Waals surface area contributed by atoms with Crippen molar-refractivity contribution in [3.63, 3.8) is 0 Å². The molecule has 0 spiro atoms.